The number of likely N-dealkylation sites (N-methyl/N-ethyl adjacent to an activating group) is 1. The van der Waals surface area contributed by atoms with Crippen LogP contribution in [-0.4, -0.2) is 36.4 Å². The highest BCUT2D eigenvalue weighted by atomic mass is 32.1. The Hall–Kier alpha value is -2.19. The van der Waals surface area contributed by atoms with Crippen LogP contribution in [0.1, 0.15) is 26.4 Å². The van der Waals surface area contributed by atoms with Gasteiger partial charge in [-0.05, 0) is 33.2 Å². The van der Waals surface area contributed by atoms with E-state index in [9.17, 15) is 14.9 Å². The smallest absolute Gasteiger partial charge is 0.283 e. The molecule has 0 aliphatic heterocycles. The Kier molecular flexibility index (Phi) is 4.94. The van der Waals surface area contributed by atoms with Crippen LogP contribution in [0.3, 0.4) is 0 Å². The minimum Gasteiger partial charge on any atom is -0.468 e. The van der Waals surface area contributed by atoms with Gasteiger partial charge in [0.1, 0.15) is 5.76 Å². The minimum atomic E-state index is -0.478. The van der Waals surface area contributed by atoms with Crippen molar-refractivity contribution < 1.29 is 14.1 Å². The van der Waals surface area contributed by atoms with Crippen LogP contribution in [-0.2, 0) is 0 Å². The molecule has 0 saturated heterocycles. The molecule has 0 radical (unpaired) electrons. The zero-order chi connectivity index (χ0) is 16.3. The van der Waals surface area contributed by atoms with Crippen LogP contribution in [0.2, 0.25) is 0 Å². The first-order chi connectivity index (χ1) is 10.4. The first-order valence-electron chi connectivity index (χ1n) is 6.63. The molecule has 0 aromatic carbocycles. The van der Waals surface area contributed by atoms with Gasteiger partial charge in [-0.25, -0.2) is 0 Å². The molecule has 1 N–H and O–H groups in total. The summed E-state index contributed by atoms with van der Waals surface area (Å²) in [5.41, 5.74) is -0.0228. The van der Waals surface area contributed by atoms with Gasteiger partial charge in [0, 0.05) is 12.6 Å². The summed E-state index contributed by atoms with van der Waals surface area (Å²) in [5, 5.41) is 13.6. The molecular formula is C14H17N3O4S. The lowest BCUT2D eigenvalue weighted by atomic mass is 10.2. The fourth-order valence-electron chi connectivity index (χ4n) is 2.06. The molecule has 0 aliphatic carbocycles. The molecule has 2 heterocycles. The second kappa shape index (κ2) is 6.71. The second-order valence-corrected chi connectivity index (χ2v) is 6.27. The van der Waals surface area contributed by atoms with Crippen LogP contribution in [0.4, 0.5) is 5.69 Å². The molecule has 0 saturated carbocycles. The molecule has 2 aromatic rings. The van der Waals surface area contributed by atoms with Crippen molar-refractivity contribution in [3.63, 3.8) is 0 Å². The summed E-state index contributed by atoms with van der Waals surface area (Å²) in [4.78, 5) is 25.3. The van der Waals surface area contributed by atoms with Gasteiger partial charge in [0.2, 0.25) is 0 Å². The molecule has 0 unspecified atom stereocenters. The van der Waals surface area contributed by atoms with Crippen molar-refractivity contribution in [3.8, 4) is 0 Å². The van der Waals surface area contributed by atoms with E-state index in [4.69, 9.17) is 4.42 Å². The van der Waals surface area contributed by atoms with E-state index < -0.39 is 4.92 Å². The maximum atomic E-state index is 12.2. The summed E-state index contributed by atoms with van der Waals surface area (Å²) in [6.45, 7) is 1.98. The van der Waals surface area contributed by atoms with Gasteiger partial charge in [-0.3, -0.25) is 19.8 Å². The van der Waals surface area contributed by atoms with E-state index in [-0.39, 0.29) is 17.6 Å². The number of hydrogen-bond donors (Lipinski definition) is 1. The van der Waals surface area contributed by atoms with Gasteiger partial charge < -0.3 is 9.73 Å². The monoisotopic (exact) mass is 323 g/mol. The summed E-state index contributed by atoms with van der Waals surface area (Å²) in [5.74, 6) is 0.429. The van der Waals surface area contributed by atoms with Gasteiger partial charge >= 0.3 is 0 Å². The summed E-state index contributed by atoms with van der Waals surface area (Å²) >= 11 is 1.12. The fraction of sp³-hybridized carbons (Fsp3) is 0.357. The van der Waals surface area contributed by atoms with E-state index in [0.29, 0.717) is 16.3 Å². The van der Waals surface area contributed by atoms with Crippen molar-refractivity contribution >= 4 is 22.9 Å². The average Bonchev–Trinajstić information content (AvgIpc) is 3.07. The van der Waals surface area contributed by atoms with Crippen LogP contribution in [0.15, 0.2) is 28.9 Å². The van der Waals surface area contributed by atoms with E-state index in [2.05, 4.69) is 5.32 Å². The molecule has 22 heavy (non-hydrogen) atoms. The molecular weight excluding hydrogens is 306 g/mol. The number of furan rings is 1. The fourth-order valence-corrected chi connectivity index (χ4v) is 2.96. The lowest BCUT2D eigenvalue weighted by Gasteiger charge is -2.22. The Morgan fingerprint density at radius 2 is 2.27 bits per heavy atom. The van der Waals surface area contributed by atoms with E-state index in [0.717, 1.165) is 17.1 Å². The molecule has 0 fully saturated rings. The highest BCUT2D eigenvalue weighted by molar-refractivity contribution is 7.14. The van der Waals surface area contributed by atoms with Gasteiger partial charge in [-0.2, -0.15) is 0 Å². The van der Waals surface area contributed by atoms with Crippen molar-refractivity contribution in [1.82, 2.24) is 10.2 Å². The maximum absolute atomic E-state index is 12.2. The summed E-state index contributed by atoms with van der Waals surface area (Å²) in [7, 11) is 3.78. The zero-order valence-corrected chi connectivity index (χ0v) is 13.3. The predicted molar refractivity (Wildman–Crippen MR) is 83.2 cm³/mol. The van der Waals surface area contributed by atoms with Crippen molar-refractivity contribution in [2.75, 3.05) is 20.6 Å². The second-order valence-electron chi connectivity index (χ2n) is 5.01. The number of nitrogens with zero attached hydrogens (tertiary/aromatic N) is 2. The van der Waals surface area contributed by atoms with E-state index in [1.807, 2.05) is 25.1 Å². The minimum absolute atomic E-state index is 0.0228. The third-order valence-electron chi connectivity index (χ3n) is 3.26. The van der Waals surface area contributed by atoms with E-state index in [1.54, 1.807) is 19.3 Å². The first-order valence-corrected chi connectivity index (χ1v) is 7.44. The summed E-state index contributed by atoms with van der Waals surface area (Å²) in [6, 6.07) is 4.85. The quantitative estimate of drug-likeness (QED) is 0.652. The van der Waals surface area contributed by atoms with Gasteiger partial charge in [0.05, 0.1) is 27.0 Å². The number of nitro groups is 1. The molecule has 0 aliphatic rings. The van der Waals surface area contributed by atoms with Crippen molar-refractivity contribution in [3.05, 3.63) is 50.1 Å². The summed E-state index contributed by atoms with van der Waals surface area (Å²) < 4.78 is 5.37. The Morgan fingerprint density at radius 3 is 2.77 bits per heavy atom. The number of nitrogens with one attached hydrogen (secondary N) is 1. The Balaban J connectivity index is 2.05. The van der Waals surface area contributed by atoms with Crippen LogP contribution >= 0.6 is 11.3 Å². The lowest BCUT2D eigenvalue weighted by molar-refractivity contribution is -0.385. The molecule has 2 rings (SSSR count). The third kappa shape index (κ3) is 3.52. The Morgan fingerprint density at radius 1 is 1.55 bits per heavy atom. The van der Waals surface area contributed by atoms with Crippen LogP contribution in [0.25, 0.3) is 0 Å². The van der Waals surface area contributed by atoms with Gasteiger partial charge in [-0.15, -0.1) is 11.3 Å². The van der Waals surface area contributed by atoms with Crippen molar-refractivity contribution in [2.24, 2.45) is 0 Å². The summed E-state index contributed by atoms with van der Waals surface area (Å²) in [6.07, 6.45) is 1.58. The highest BCUT2D eigenvalue weighted by Gasteiger charge is 2.22. The Labute approximate surface area is 131 Å². The first kappa shape index (κ1) is 16.2. The number of amides is 1. The number of carbonyl (C=O) groups is 1. The standard InChI is InChI=1S/C14H17N3O4S/c1-9-10(17(19)20)7-13(22-9)14(18)15-8-11(16(2)3)12-5-4-6-21-12/h4-7,11H,8H2,1-3H3,(H,15,18)/t11-/m1/s1. The topological polar surface area (TPSA) is 88.6 Å². The predicted octanol–water partition coefficient (Wildman–Crippen LogP) is 2.59. The molecule has 1 atom stereocenters. The number of carbonyl (C=O) groups excluding carboxylic acids is 1. The van der Waals surface area contributed by atoms with Gasteiger partial charge in [0.25, 0.3) is 11.6 Å². The van der Waals surface area contributed by atoms with Crippen LogP contribution in [0.5, 0.6) is 0 Å². The molecule has 0 spiro atoms. The van der Waals surface area contributed by atoms with Crippen molar-refractivity contribution in [2.45, 2.75) is 13.0 Å². The Bertz CT molecular complexity index is 664. The molecule has 7 nitrogen and oxygen atoms in total. The van der Waals surface area contributed by atoms with Crippen LogP contribution in [0, 0.1) is 17.0 Å². The number of rotatable bonds is 6. The van der Waals surface area contributed by atoms with Gasteiger partial charge in [0.15, 0.2) is 0 Å². The number of aryl methyl sites for hydroxylation is 1. The third-order valence-corrected chi connectivity index (χ3v) is 4.30. The van der Waals surface area contributed by atoms with Crippen LogP contribution < -0.4 is 5.32 Å². The average molecular weight is 323 g/mol. The molecule has 8 heteroatoms. The zero-order valence-electron chi connectivity index (χ0n) is 12.5. The number of hydrogen-bond acceptors (Lipinski definition) is 6. The molecule has 0 bridgehead atoms. The SMILES string of the molecule is Cc1sc(C(=O)NC[C@H](c2ccco2)N(C)C)cc1[N+](=O)[O-]. The van der Waals surface area contributed by atoms with E-state index in [1.165, 1.54) is 6.07 Å². The maximum Gasteiger partial charge on any atom is 0.283 e. The highest BCUT2D eigenvalue weighted by Crippen LogP contribution is 2.28. The van der Waals surface area contributed by atoms with E-state index >= 15 is 0 Å². The molecule has 118 valence electrons. The molecule has 2 aromatic heterocycles. The van der Waals surface area contributed by atoms with Gasteiger partial charge in [-0.1, -0.05) is 0 Å². The molecule has 1 amide bonds. The largest absolute Gasteiger partial charge is 0.468 e. The normalized spacial score (nSPS) is 12.4. The van der Waals surface area contributed by atoms with Crippen molar-refractivity contribution in [1.29, 1.82) is 0 Å². The number of thiophene rings is 1. The lowest BCUT2D eigenvalue weighted by Crippen LogP contribution is -2.34.